The van der Waals surface area contributed by atoms with E-state index >= 15 is 0 Å². The minimum atomic E-state index is -4.16. The molecule has 3 N–H and O–H groups in total. The number of anilines is 1. The Kier molecular flexibility index (Phi) is 9.05. The van der Waals surface area contributed by atoms with E-state index in [1.54, 1.807) is 54.6 Å². The number of hydrazone groups is 1. The molecule has 0 aliphatic heterocycles. The molecule has 0 heterocycles. The number of nitrogens with zero attached hydrogens (tertiary/aromatic N) is 2. The smallest absolute Gasteiger partial charge is 0.264 e. The Bertz CT molecular complexity index is 1360. The Morgan fingerprint density at radius 1 is 0.973 bits per heavy atom. The van der Waals surface area contributed by atoms with Gasteiger partial charge in [-0.05, 0) is 54.1 Å². The van der Waals surface area contributed by atoms with Crippen LogP contribution in [0.1, 0.15) is 5.56 Å². The fourth-order valence-electron chi connectivity index (χ4n) is 3.16. The van der Waals surface area contributed by atoms with Crippen LogP contribution < -0.4 is 29.7 Å². The summed E-state index contributed by atoms with van der Waals surface area (Å²) in [6.07, 6.45) is 1.38. The number of nitrogens with one attached hydrogen (secondary N) is 1. The number of primary amides is 1. The zero-order valence-corrected chi connectivity index (χ0v) is 21.0. The van der Waals surface area contributed by atoms with Crippen LogP contribution in [0.3, 0.4) is 0 Å². The Labute approximate surface area is 214 Å². The van der Waals surface area contributed by atoms with Crippen molar-refractivity contribution in [1.82, 2.24) is 5.43 Å². The summed E-state index contributed by atoms with van der Waals surface area (Å²) in [4.78, 5) is 23.4. The molecular formula is C25H26N4O7S. The van der Waals surface area contributed by atoms with Gasteiger partial charge in [-0.25, -0.2) is 13.8 Å². The molecule has 0 saturated carbocycles. The van der Waals surface area contributed by atoms with Gasteiger partial charge in [0, 0.05) is 6.07 Å². The van der Waals surface area contributed by atoms with Gasteiger partial charge in [0.25, 0.3) is 21.8 Å². The largest absolute Gasteiger partial charge is 0.493 e. The lowest BCUT2D eigenvalue weighted by Crippen LogP contribution is -2.39. The van der Waals surface area contributed by atoms with E-state index in [2.05, 4.69) is 10.5 Å². The molecule has 3 aromatic rings. The number of hydrogen-bond acceptors (Lipinski definition) is 8. The van der Waals surface area contributed by atoms with E-state index in [4.69, 9.17) is 19.9 Å². The number of sulfonamides is 1. The zero-order chi connectivity index (χ0) is 26.8. The molecule has 0 unspecified atom stereocenters. The zero-order valence-electron chi connectivity index (χ0n) is 20.2. The van der Waals surface area contributed by atoms with Crippen molar-refractivity contribution in [3.05, 3.63) is 78.4 Å². The van der Waals surface area contributed by atoms with Gasteiger partial charge in [0.15, 0.2) is 18.1 Å². The lowest BCUT2D eigenvalue weighted by molar-refractivity contribution is -0.120. The quantitative estimate of drug-likeness (QED) is 0.270. The minimum absolute atomic E-state index is 0.0797. The topological polar surface area (TPSA) is 150 Å². The molecule has 2 amide bonds. The SMILES string of the molecule is COc1ccc(S(=O)(=O)N(CC(=O)N/N=C\c2ccc(OCC(N)=O)cc2)c2ccccc2)cc1OC. The first-order chi connectivity index (χ1) is 17.7. The second-order valence-corrected chi connectivity index (χ2v) is 9.34. The Morgan fingerprint density at radius 2 is 1.65 bits per heavy atom. The Morgan fingerprint density at radius 3 is 2.27 bits per heavy atom. The summed E-state index contributed by atoms with van der Waals surface area (Å²) in [5.74, 6) is -0.209. The van der Waals surface area contributed by atoms with Crippen molar-refractivity contribution >= 4 is 33.7 Å². The number of para-hydroxylation sites is 1. The molecule has 12 heteroatoms. The fraction of sp³-hybridized carbons (Fsp3) is 0.160. The summed E-state index contributed by atoms with van der Waals surface area (Å²) in [5, 5.41) is 3.90. The highest BCUT2D eigenvalue weighted by Crippen LogP contribution is 2.32. The number of carbonyl (C=O) groups excluding carboxylic acids is 2. The van der Waals surface area contributed by atoms with E-state index < -0.39 is 28.4 Å². The van der Waals surface area contributed by atoms with Crippen molar-refractivity contribution in [2.75, 3.05) is 31.7 Å². The van der Waals surface area contributed by atoms with Gasteiger partial charge in [0.2, 0.25) is 0 Å². The second kappa shape index (κ2) is 12.4. The minimum Gasteiger partial charge on any atom is -0.493 e. The standard InChI is InChI=1S/C25H26N4O7S/c1-34-22-13-12-21(14-23(22)35-2)37(32,33)29(19-6-4-3-5-7-19)16-25(31)28-27-15-18-8-10-20(11-9-18)36-17-24(26)30/h3-15H,16-17H2,1-2H3,(H2,26,30)(H,28,31)/b27-15-. The van der Waals surface area contributed by atoms with Crippen molar-refractivity contribution in [3.8, 4) is 17.2 Å². The summed E-state index contributed by atoms with van der Waals surface area (Å²) in [7, 11) is -1.32. The molecule has 0 aliphatic rings. The number of methoxy groups -OCH3 is 2. The van der Waals surface area contributed by atoms with Gasteiger partial charge in [0.1, 0.15) is 12.3 Å². The molecule has 37 heavy (non-hydrogen) atoms. The van der Waals surface area contributed by atoms with E-state index in [-0.39, 0.29) is 17.3 Å². The monoisotopic (exact) mass is 526 g/mol. The molecule has 11 nitrogen and oxygen atoms in total. The summed E-state index contributed by atoms with van der Waals surface area (Å²) in [6.45, 7) is -0.772. The Balaban J connectivity index is 1.76. The van der Waals surface area contributed by atoms with Gasteiger partial charge in [-0.15, -0.1) is 0 Å². The molecule has 0 fully saturated rings. The molecule has 0 aromatic heterocycles. The van der Waals surface area contributed by atoms with Crippen LogP contribution in [0.15, 0.2) is 82.8 Å². The van der Waals surface area contributed by atoms with Crippen LogP contribution in [0.4, 0.5) is 5.69 Å². The third kappa shape index (κ3) is 7.21. The van der Waals surface area contributed by atoms with E-state index in [0.717, 1.165) is 4.31 Å². The molecule has 0 bridgehead atoms. The summed E-state index contributed by atoms with van der Waals surface area (Å²) < 4.78 is 43.6. The van der Waals surface area contributed by atoms with Crippen molar-refractivity contribution in [2.24, 2.45) is 10.8 Å². The molecule has 0 aliphatic carbocycles. The first-order valence-electron chi connectivity index (χ1n) is 10.9. The van der Waals surface area contributed by atoms with Crippen LogP contribution in [0.25, 0.3) is 0 Å². The van der Waals surface area contributed by atoms with Gasteiger partial charge >= 0.3 is 0 Å². The van der Waals surface area contributed by atoms with E-state index in [0.29, 0.717) is 22.7 Å². The maximum Gasteiger partial charge on any atom is 0.264 e. The van der Waals surface area contributed by atoms with Gasteiger partial charge in [-0.3, -0.25) is 13.9 Å². The van der Waals surface area contributed by atoms with Crippen molar-refractivity contribution in [3.63, 3.8) is 0 Å². The van der Waals surface area contributed by atoms with Crippen molar-refractivity contribution in [2.45, 2.75) is 4.90 Å². The molecule has 194 valence electrons. The normalized spacial score (nSPS) is 11.1. The lowest BCUT2D eigenvalue weighted by Gasteiger charge is -2.24. The summed E-state index contributed by atoms with van der Waals surface area (Å²) >= 11 is 0. The maximum atomic E-state index is 13.5. The maximum absolute atomic E-state index is 13.5. The highest BCUT2D eigenvalue weighted by molar-refractivity contribution is 7.92. The summed E-state index contributed by atoms with van der Waals surface area (Å²) in [6, 6.07) is 18.9. The van der Waals surface area contributed by atoms with Crippen molar-refractivity contribution < 1.29 is 32.2 Å². The van der Waals surface area contributed by atoms with Crippen molar-refractivity contribution in [1.29, 1.82) is 0 Å². The van der Waals surface area contributed by atoms with Crippen LogP contribution in [-0.4, -0.2) is 53.8 Å². The highest BCUT2D eigenvalue weighted by atomic mass is 32.2. The van der Waals surface area contributed by atoms with Crippen LogP contribution in [0, 0.1) is 0 Å². The van der Waals surface area contributed by atoms with Crippen LogP contribution in [0.5, 0.6) is 17.2 Å². The lowest BCUT2D eigenvalue weighted by atomic mass is 10.2. The molecular weight excluding hydrogens is 500 g/mol. The predicted octanol–water partition coefficient (Wildman–Crippen LogP) is 1.91. The van der Waals surface area contributed by atoms with Gasteiger partial charge in [-0.1, -0.05) is 18.2 Å². The third-order valence-corrected chi connectivity index (χ3v) is 6.71. The molecule has 0 spiro atoms. The van der Waals surface area contributed by atoms with Crippen LogP contribution in [-0.2, 0) is 19.6 Å². The first kappa shape index (κ1) is 27.0. The van der Waals surface area contributed by atoms with Crippen LogP contribution in [0.2, 0.25) is 0 Å². The highest BCUT2D eigenvalue weighted by Gasteiger charge is 2.28. The second-order valence-electron chi connectivity index (χ2n) is 7.48. The molecule has 3 aromatic carbocycles. The van der Waals surface area contributed by atoms with Crippen LogP contribution >= 0.6 is 0 Å². The molecule has 0 saturated heterocycles. The number of carbonyl (C=O) groups is 2. The van der Waals surface area contributed by atoms with E-state index in [9.17, 15) is 18.0 Å². The molecule has 0 radical (unpaired) electrons. The average Bonchev–Trinajstić information content (AvgIpc) is 2.91. The number of rotatable bonds is 12. The van der Waals surface area contributed by atoms with E-state index in [1.807, 2.05) is 0 Å². The molecule has 0 atom stereocenters. The number of ether oxygens (including phenoxy) is 3. The molecule has 3 rings (SSSR count). The fourth-order valence-corrected chi connectivity index (χ4v) is 4.60. The number of amides is 2. The number of nitrogens with two attached hydrogens (primary N) is 1. The van der Waals surface area contributed by atoms with E-state index in [1.165, 1.54) is 38.6 Å². The number of hydrogen-bond donors (Lipinski definition) is 2. The van der Waals surface area contributed by atoms with Gasteiger partial charge in [0.05, 0.1) is 31.0 Å². The van der Waals surface area contributed by atoms with Gasteiger partial charge in [-0.2, -0.15) is 5.10 Å². The third-order valence-electron chi connectivity index (χ3n) is 4.94. The summed E-state index contributed by atoms with van der Waals surface area (Å²) in [5.41, 5.74) is 8.30. The Hall–Kier alpha value is -4.58. The van der Waals surface area contributed by atoms with Gasteiger partial charge < -0.3 is 19.9 Å². The average molecular weight is 527 g/mol. The first-order valence-corrected chi connectivity index (χ1v) is 12.3. The number of benzene rings is 3. The predicted molar refractivity (Wildman–Crippen MR) is 137 cm³/mol.